The summed E-state index contributed by atoms with van der Waals surface area (Å²) in [5, 5.41) is 3.19. The molecule has 2 rings (SSSR count). The first-order valence-electron chi connectivity index (χ1n) is 8.71. The SMILES string of the molecule is CN(C)C1(CNC(=O)CCC2CCCC(N)C2)CCCC1. The molecule has 4 nitrogen and oxygen atoms in total. The molecular weight excluding hydrogens is 262 g/mol. The second-order valence-corrected chi connectivity index (χ2v) is 7.43. The normalized spacial score (nSPS) is 28.8. The Morgan fingerprint density at radius 3 is 2.57 bits per heavy atom. The molecular formula is C17H33N3O. The van der Waals surface area contributed by atoms with Crippen molar-refractivity contribution in [2.45, 2.75) is 75.8 Å². The fraction of sp³-hybridized carbons (Fsp3) is 0.941. The summed E-state index contributed by atoms with van der Waals surface area (Å²) >= 11 is 0. The predicted molar refractivity (Wildman–Crippen MR) is 87.1 cm³/mol. The van der Waals surface area contributed by atoms with E-state index in [1.807, 2.05) is 0 Å². The van der Waals surface area contributed by atoms with Crippen LogP contribution in [0.1, 0.15) is 64.2 Å². The maximum atomic E-state index is 12.1. The molecule has 0 radical (unpaired) electrons. The van der Waals surface area contributed by atoms with Crippen LogP contribution >= 0.6 is 0 Å². The lowest BCUT2D eigenvalue weighted by Crippen LogP contribution is -2.50. The second-order valence-electron chi connectivity index (χ2n) is 7.43. The van der Waals surface area contributed by atoms with Crippen LogP contribution in [-0.2, 0) is 4.79 Å². The lowest BCUT2D eigenvalue weighted by Gasteiger charge is -2.36. The first kappa shape index (κ1) is 16.8. The van der Waals surface area contributed by atoms with Gasteiger partial charge in [-0.3, -0.25) is 4.79 Å². The van der Waals surface area contributed by atoms with Gasteiger partial charge in [-0.05, 0) is 52.1 Å². The molecule has 1 amide bonds. The number of nitrogens with two attached hydrogens (primary N) is 1. The maximum absolute atomic E-state index is 12.1. The van der Waals surface area contributed by atoms with Crippen LogP contribution < -0.4 is 11.1 Å². The van der Waals surface area contributed by atoms with Crippen LogP contribution in [0.4, 0.5) is 0 Å². The summed E-state index contributed by atoms with van der Waals surface area (Å²) < 4.78 is 0. The van der Waals surface area contributed by atoms with Crippen LogP contribution in [0.15, 0.2) is 0 Å². The van der Waals surface area contributed by atoms with Crippen molar-refractivity contribution in [3.63, 3.8) is 0 Å². The van der Waals surface area contributed by atoms with Gasteiger partial charge in [0.15, 0.2) is 0 Å². The summed E-state index contributed by atoms with van der Waals surface area (Å²) in [5.74, 6) is 0.885. The molecule has 0 aliphatic heterocycles. The first-order valence-corrected chi connectivity index (χ1v) is 8.71. The molecule has 0 saturated heterocycles. The number of hydrogen-bond acceptors (Lipinski definition) is 3. The van der Waals surface area contributed by atoms with Gasteiger partial charge >= 0.3 is 0 Å². The Bertz CT molecular complexity index is 337. The van der Waals surface area contributed by atoms with Gasteiger partial charge in [0.1, 0.15) is 0 Å². The highest BCUT2D eigenvalue weighted by atomic mass is 16.1. The Kier molecular flexibility index (Phi) is 6.06. The van der Waals surface area contributed by atoms with Gasteiger partial charge in [-0.2, -0.15) is 0 Å². The quantitative estimate of drug-likeness (QED) is 0.790. The molecule has 0 aromatic rings. The van der Waals surface area contributed by atoms with Gasteiger partial charge in [-0.15, -0.1) is 0 Å². The van der Waals surface area contributed by atoms with Gasteiger partial charge < -0.3 is 16.0 Å². The smallest absolute Gasteiger partial charge is 0.220 e. The number of amides is 1. The summed E-state index contributed by atoms with van der Waals surface area (Å²) in [4.78, 5) is 14.4. The molecule has 21 heavy (non-hydrogen) atoms. The van der Waals surface area contributed by atoms with Crippen molar-refractivity contribution in [1.82, 2.24) is 10.2 Å². The first-order chi connectivity index (χ1) is 10.0. The Morgan fingerprint density at radius 2 is 1.95 bits per heavy atom. The highest BCUT2D eigenvalue weighted by Crippen LogP contribution is 2.33. The molecule has 122 valence electrons. The van der Waals surface area contributed by atoms with E-state index in [0.29, 0.717) is 18.4 Å². The number of carbonyl (C=O) groups is 1. The summed E-state index contributed by atoms with van der Waals surface area (Å²) in [7, 11) is 4.28. The van der Waals surface area contributed by atoms with E-state index in [4.69, 9.17) is 5.73 Å². The van der Waals surface area contributed by atoms with Crippen LogP contribution in [0, 0.1) is 5.92 Å². The fourth-order valence-corrected chi connectivity index (χ4v) is 4.10. The predicted octanol–water partition coefficient (Wildman–Crippen LogP) is 2.27. The minimum atomic E-state index is 0.197. The molecule has 0 aromatic carbocycles. The molecule has 2 atom stereocenters. The Hall–Kier alpha value is -0.610. The molecule has 2 unspecified atom stereocenters. The minimum Gasteiger partial charge on any atom is -0.354 e. The summed E-state index contributed by atoms with van der Waals surface area (Å²) in [6, 6.07) is 0.363. The van der Waals surface area contributed by atoms with E-state index in [2.05, 4.69) is 24.3 Å². The molecule has 0 aromatic heterocycles. The largest absolute Gasteiger partial charge is 0.354 e. The molecule has 0 bridgehead atoms. The van der Waals surface area contributed by atoms with Crippen molar-refractivity contribution < 1.29 is 4.79 Å². The third kappa shape index (κ3) is 4.68. The number of carbonyl (C=O) groups excluding carboxylic acids is 1. The highest BCUT2D eigenvalue weighted by Gasteiger charge is 2.36. The van der Waals surface area contributed by atoms with Crippen molar-refractivity contribution in [3.8, 4) is 0 Å². The van der Waals surface area contributed by atoms with Crippen LogP contribution in [0.2, 0.25) is 0 Å². The molecule has 2 saturated carbocycles. The van der Waals surface area contributed by atoms with Crippen LogP contribution in [0.3, 0.4) is 0 Å². The monoisotopic (exact) mass is 295 g/mol. The molecule has 0 spiro atoms. The average molecular weight is 295 g/mol. The Balaban J connectivity index is 1.69. The summed E-state index contributed by atoms with van der Waals surface area (Å²) in [6.07, 6.45) is 11.4. The number of nitrogens with zero attached hydrogens (tertiary/aromatic N) is 1. The number of nitrogens with one attached hydrogen (secondary N) is 1. The van der Waals surface area contributed by atoms with Gasteiger partial charge in [-0.1, -0.05) is 25.7 Å². The van der Waals surface area contributed by atoms with Crippen LogP contribution in [-0.4, -0.2) is 43.0 Å². The zero-order valence-electron chi connectivity index (χ0n) is 13.9. The van der Waals surface area contributed by atoms with Gasteiger partial charge in [0.05, 0.1) is 0 Å². The topological polar surface area (TPSA) is 58.4 Å². The molecule has 0 heterocycles. The Morgan fingerprint density at radius 1 is 1.24 bits per heavy atom. The highest BCUT2D eigenvalue weighted by molar-refractivity contribution is 5.75. The zero-order valence-corrected chi connectivity index (χ0v) is 13.9. The zero-order chi connectivity index (χ0) is 15.3. The van der Waals surface area contributed by atoms with Crippen molar-refractivity contribution in [1.29, 1.82) is 0 Å². The van der Waals surface area contributed by atoms with Crippen molar-refractivity contribution in [2.24, 2.45) is 11.7 Å². The summed E-state index contributed by atoms with van der Waals surface area (Å²) in [6.45, 7) is 0.809. The number of likely N-dealkylation sites (N-methyl/N-ethyl adjacent to an activating group) is 1. The van der Waals surface area contributed by atoms with Gasteiger partial charge in [-0.25, -0.2) is 0 Å². The third-order valence-electron chi connectivity index (χ3n) is 5.70. The molecule has 2 aliphatic carbocycles. The van der Waals surface area contributed by atoms with Gasteiger partial charge in [0.25, 0.3) is 0 Å². The number of hydrogen-bond donors (Lipinski definition) is 2. The van der Waals surface area contributed by atoms with E-state index < -0.39 is 0 Å². The second kappa shape index (κ2) is 7.59. The summed E-state index contributed by atoms with van der Waals surface area (Å²) in [5.41, 5.74) is 6.21. The molecule has 2 fully saturated rings. The van der Waals surface area contributed by atoms with E-state index in [9.17, 15) is 4.79 Å². The maximum Gasteiger partial charge on any atom is 0.220 e. The van der Waals surface area contributed by atoms with Crippen molar-refractivity contribution >= 4 is 5.91 Å². The lowest BCUT2D eigenvalue weighted by atomic mass is 9.83. The fourth-order valence-electron chi connectivity index (χ4n) is 4.10. The van der Waals surface area contributed by atoms with E-state index in [1.165, 1.54) is 38.5 Å². The molecule has 3 N–H and O–H groups in total. The van der Waals surface area contributed by atoms with Crippen molar-refractivity contribution in [3.05, 3.63) is 0 Å². The number of rotatable bonds is 6. The standard InChI is InChI=1S/C17H33N3O/c1-20(2)17(10-3-4-11-17)13-19-16(21)9-8-14-6-5-7-15(18)12-14/h14-15H,3-13,18H2,1-2H3,(H,19,21). The average Bonchev–Trinajstić information content (AvgIpc) is 2.93. The Labute approximate surface area is 129 Å². The van der Waals surface area contributed by atoms with Crippen molar-refractivity contribution in [2.75, 3.05) is 20.6 Å². The van der Waals surface area contributed by atoms with Gasteiger partial charge in [0.2, 0.25) is 5.91 Å². The van der Waals surface area contributed by atoms with Gasteiger partial charge in [0, 0.05) is 24.5 Å². The van der Waals surface area contributed by atoms with E-state index in [1.54, 1.807) is 0 Å². The van der Waals surface area contributed by atoms with Crippen LogP contribution in [0.5, 0.6) is 0 Å². The lowest BCUT2D eigenvalue weighted by molar-refractivity contribution is -0.122. The molecule has 4 heteroatoms. The van der Waals surface area contributed by atoms with E-state index in [0.717, 1.165) is 25.8 Å². The molecule has 2 aliphatic rings. The van der Waals surface area contributed by atoms with E-state index >= 15 is 0 Å². The minimum absolute atomic E-state index is 0.197. The van der Waals surface area contributed by atoms with E-state index in [-0.39, 0.29) is 11.4 Å². The third-order valence-corrected chi connectivity index (χ3v) is 5.70. The van der Waals surface area contributed by atoms with Crippen LogP contribution in [0.25, 0.3) is 0 Å².